The second-order valence-corrected chi connectivity index (χ2v) is 8.20. The highest BCUT2D eigenvalue weighted by molar-refractivity contribution is 5.80. The highest BCUT2D eigenvalue weighted by Gasteiger charge is 2.30. The number of rotatable bonds is 6. The van der Waals surface area contributed by atoms with Gasteiger partial charge in [0.05, 0.1) is 0 Å². The van der Waals surface area contributed by atoms with Crippen LogP contribution in [0.1, 0.15) is 42.9 Å². The average Bonchev–Trinajstić information content (AvgIpc) is 3.35. The van der Waals surface area contributed by atoms with Gasteiger partial charge < -0.3 is 14.5 Å². The lowest BCUT2D eigenvalue weighted by atomic mass is 10.0. The maximum Gasteiger partial charge on any atom is 0.248 e. The van der Waals surface area contributed by atoms with Gasteiger partial charge in [-0.15, -0.1) is 0 Å². The number of benzene rings is 2. The predicted octanol–water partition coefficient (Wildman–Crippen LogP) is 3.65. The van der Waals surface area contributed by atoms with E-state index in [-0.39, 0.29) is 30.4 Å². The van der Waals surface area contributed by atoms with Gasteiger partial charge in [0.15, 0.2) is 0 Å². The van der Waals surface area contributed by atoms with E-state index in [1.54, 1.807) is 0 Å². The van der Waals surface area contributed by atoms with Gasteiger partial charge in [0.25, 0.3) is 0 Å². The first kappa shape index (κ1) is 20.6. The summed E-state index contributed by atoms with van der Waals surface area (Å²) in [5, 5.41) is 0. The number of piperazine rings is 1. The molecule has 1 heterocycles. The first-order valence-corrected chi connectivity index (χ1v) is 11.0. The van der Waals surface area contributed by atoms with Crippen LogP contribution in [0.2, 0.25) is 0 Å². The summed E-state index contributed by atoms with van der Waals surface area (Å²) in [6.07, 6.45) is 4.09. The number of carbonyl (C=O) groups is 2. The van der Waals surface area contributed by atoms with Crippen LogP contribution >= 0.6 is 0 Å². The fourth-order valence-corrected chi connectivity index (χ4v) is 4.49. The Kier molecular flexibility index (Phi) is 6.80. The summed E-state index contributed by atoms with van der Waals surface area (Å²) in [6, 6.07) is 20.0. The quantitative estimate of drug-likeness (QED) is 0.736. The Morgan fingerprint density at radius 2 is 1.30 bits per heavy atom. The molecule has 0 atom stereocenters. The van der Waals surface area contributed by atoms with Crippen molar-refractivity contribution in [1.82, 2.24) is 9.80 Å². The van der Waals surface area contributed by atoms with Crippen molar-refractivity contribution in [2.75, 3.05) is 32.8 Å². The first-order chi connectivity index (χ1) is 14.7. The molecule has 0 spiro atoms. The van der Waals surface area contributed by atoms with Gasteiger partial charge >= 0.3 is 0 Å². The Bertz CT molecular complexity index is 786. The topological polar surface area (TPSA) is 49.9 Å². The zero-order valence-corrected chi connectivity index (χ0v) is 17.4. The van der Waals surface area contributed by atoms with Crippen molar-refractivity contribution in [2.45, 2.75) is 31.8 Å². The predicted molar refractivity (Wildman–Crippen MR) is 116 cm³/mol. The van der Waals surface area contributed by atoms with E-state index >= 15 is 0 Å². The van der Waals surface area contributed by atoms with E-state index in [0.717, 1.165) is 36.8 Å². The third-order valence-corrected chi connectivity index (χ3v) is 6.23. The number of hydrogen-bond acceptors (Lipinski definition) is 3. The molecule has 30 heavy (non-hydrogen) atoms. The van der Waals surface area contributed by atoms with Crippen molar-refractivity contribution in [3.8, 4) is 0 Å². The molecule has 1 aliphatic carbocycles. The van der Waals surface area contributed by atoms with E-state index in [2.05, 4.69) is 0 Å². The number of nitrogens with zero attached hydrogens (tertiary/aromatic N) is 2. The summed E-state index contributed by atoms with van der Waals surface area (Å²) in [5.74, 6) is 0.469. The van der Waals surface area contributed by atoms with E-state index in [1.165, 1.54) is 0 Å². The molecule has 2 amide bonds. The SMILES string of the molecule is O=C(COC(c1ccccc1)c1ccccc1)N1CCN(C(=O)C2CCCC2)CC1. The molecule has 5 heteroatoms. The van der Waals surface area contributed by atoms with Crippen LogP contribution in [0, 0.1) is 5.92 Å². The van der Waals surface area contributed by atoms with Crippen molar-refractivity contribution in [3.63, 3.8) is 0 Å². The summed E-state index contributed by atoms with van der Waals surface area (Å²) in [4.78, 5) is 29.2. The molecule has 0 unspecified atom stereocenters. The van der Waals surface area contributed by atoms with Crippen LogP contribution in [-0.4, -0.2) is 54.4 Å². The van der Waals surface area contributed by atoms with Gasteiger partial charge in [0, 0.05) is 32.1 Å². The molecule has 0 aromatic heterocycles. The van der Waals surface area contributed by atoms with Gasteiger partial charge in [0.2, 0.25) is 11.8 Å². The van der Waals surface area contributed by atoms with Gasteiger partial charge in [-0.25, -0.2) is 0 Å². The third kappa shape index (κ3) is 4.90. The van der Waals surface area contributed by atoms with Crippen LogP contribution in [0.25, 0.3) is 0 Å². The molecule has 158 valence electrons. The van der Waals surface area contributed by atoms with Crippen LogP contribution in [0.4, 0.5) is 0 Å². The van der Waals surface area contributed by atoms with Crippen LogP contribution in [0.15, 0.2) is 60.7 Å². The molecule has 0 radical (unpaired) electrons. The van der Waals surface area contributed by atoms with Crippen molar-refractivity contribution >= 4 is 11.8 Å². The Labute approximate surface area is 178 Å². The molecule has 2 aromatic carbocycles. The summed E-state index contributed by atoms with van der Waals surface area (Å²) < 4.78 is 6.11. The molecule has 5 nitrogen and oxygen atoms in total. The Morgan fingerprint density at radius 3 is 1.83 bits per heavy atom. The smallest absolute Gasteiger partial charge is 0.248 e. The van der Waals surface area contributed by atoms with Gasteiger partial charge in [-0.3, -0.25) is 9.59 Å². The van der Waals surface area contributed by atoms with E-state index in [0.29, 0.717) is 26.2 Å². The molecule has 1 saturated carbocycles. The number of carbonyl (C=O) groups excluding carboxylic acids is 2. The zero-order valence-electron chi connectivity index (χ0n) is 17.4. The van der Waals surface area contributed by atoms with Crippen molar-refractivity contribution in [1.29, 1.82) is 0 Å². The molecular weight excluding hydrogens is 376 g/mol. The minimum Gasteiger partial charge on any atom is -0.359 e. The summed E-state index contributed by atoms with van der Waals surface area (Å²) in [5.41, 5.74) is 2.06. The molecule has 2 fully saturated rings. The van der Waals surface area contributed by atoms with Crippen molar-refractivity contribution < 1.29 is 14.3 Å². The fourth-order valence-electron chi connectivity index (χ4n) is 4.49. The number of ether oxygens (including phenoxy) is 1. The molecule has 1 aliphatic heterocycles. The van der Waals surface area contributed by atoms with Crippen LogP contribution in [0.5, 0.6) is 0 Å². The standard InChI is InChI=1S/C25H30N2O3/c28-23(26-15-17-27(18-16-26)25(29)22-13-7-8-14-22)19-30-24(20-9-3-1-4-10-20)21-11-5-2-6-12-21/h1-6,9-12,22,24H,7-8,13-19H2. The second-order valence-electron chi connectivity index (χ2n) is 8.20. The van der Waals surface area contributed by atoms with E-state index in [1.807, 2.05) is 70.5 Å². The van der Waals surface area contributed by atoms with E-state index in [4.69, 9.17) is 4.74 Å². The number of hydrogen-bond donors (Lipinski definition) is 0. The monoisotopic (exact) mass is 406 g/mol. The third-order valence-electron chi connectivity index (χ3n) is 6.23. The highest BCUT2D eigenvalue weighted by atomic mass is 16.5. The maximum atomic E-state index is 12.8. The number of amides is 2. The van der Waals surface area contributed by atoms with Gasteiger partial charge in [-0.2, -0.15) is 0 Å². The largest absolute Gasteiger partial charge is 0.359 e. The summed E-state index contributed by atoms with van der Waals surface area (Å²) in [7, 11) is 0. The zero-order chi connectivity index (χ0) is 20.8. The normalized spacial score (nSPS) is 17.5. The molecule has 2 aromatic rings. The maximum absolute atomic E-state index is 12.8. The average molecular weight is 407 g/mol. The van der Waals surface area contributed by atoms with Gasteiger partial charge in [-0.05, 0) is 24.0 Å². The van der Waals surface area contributed by atoms with Gasteiger partial charge in [-0.1, -0.05) is 73.5 Å². The summed E-state index contributed by atoms with van der Waals surface area (Å²) in [6.45, 7) is 2.46. The fraction of sp³-hybridized carbons (Fsp3) is 0.440. The minimum atomic E-state index is -0.276. The Balaban J connectivity index is 1.32. The van der Waals surface area contributed by atoms with Crippen molar-refractivity contribution in [3.05, 3.63) is 71.8 Å². The lowest BCUT2D eigenvalue weighted by Crippen LogP contribution is -2.52. The Hall–Kier alpha value is -2.66. The van der Waals surface area contributed by atoms with E-state index < -0.39 is 0 Å². The highest BCUT2D eigenvalue weighted by Crippen LogP contribution is 2.27. The summed E-state index contributed by atoms with van der Waals surface area (Å²) >= 11 is 0. The molecule has 1 saturated heterocycles. The van der Waals surface area contributed by atoms with Crippen LogP contribution in [0.3, 0.4) is 0 Å². The lowest BCUT2D eigenvalue weighted by molar-refractivity contribution is -0.145. The molecule has 4 rings (SSSR count). The lowest BCUT2D eigenvalue weighted by Gasteiger charge is -2.36. The first-order valence-electron chi connectivity index (χ1n) is 11.0. The van der Waals surface area contributed by atoms with E-state index in [9.17, 15) is 9.59 Å². The second kappa shape index (κ2) is 9.90. The Morgan fingerprint density at radius 1 is 0.800 bits per heavy atom. The van der Waals surface area contributed by atoms with Crippen LogP contribution < -0.4 is 0 Å². The molecule has 2 aliphatic rings. The molecule has 0 bridgehead atoms. The van der Waals surface area contributed by atoms with Crippen LogP contribution in [-0.2, 0) is 14.3 Å². The van der Waals surface area contributed by atoms with Crippen molar-refractivity contribution in [2.24, 2.45) is 5.92 Å². The van der Waals surface area contributed by atoms with Gasteiger partial charge in [0.1, 0.15) is 12.7 Å². The molecular formula is C25H30N2O3. The minimum absolute atomic E-state index is 0.0140. The molecule has 0 N–H and O–H groups in total.